The van der Waals surface area contributed by atoms with Crippen molar-refractivity contribution in [1.82, 2.24) is 9.97 Å². The van der Waals surface area contributed by atoms with Crippen LogP contribution in [0.3, 0.4) is 0 Å². The lowest BCUT2D eigenvalue weighted by Crippen LogP contribution is -2.14. The van der Waals surface area contributed by atoms with E-state index in [1.165, 1.54) is 6.20 Å². The quantitative estimate of drug-likeness (QED) is 0.721. The smallest absolute Gasteiger partial charge is 0.241 e. The van der Waals surface area contributed by atoms with Gasteiger partial charge in [-0.1, -0.05) is 0 Å². The topological polar surface area (TPSA) is 25.8 Å². The van der Waals surface area contributed by atoms with Crippen LogP contribution in [-0.2, 0) is 6.42 Å². The van der Waals surface area contributed by atoms with Crippen molar-refractivity contribution in [3.8, 4) is 0 Å². The van der Waals surface area contributed by atoms with E-state index in [9.17, 15) is 13.2 Å². The van der Waals surface area contributed by atoms with Crippen molar-refractivity contribution in [3.63, 3.8) is 0 Å². The molecule has 6 heteroatoms. The Morgan fingerprint density at radius 2 is 2.08 bits per heavy atom. The standard InChI is InChI=1S/C7H6BrF3N2/c1-4-3-12-5(13-6(4)8)2-7(9,10)11/h3H,2H2,1H3. The number of hydrogen-bond donors (Lipinski definition) is 0. The fourth-order valence-corrected chi connectivity index (χ4v) is 1.03. The van der Waals surface area contributed by atoms with E-state index in [4.69, 9.17) is 0 Å². The molecule has 0 saturated heterocycles. The molecule has 0 saturated carbocycles. The van der Waals surface area contributed by atoms with Gasteiger partial charge >= 0.3 is 6.18 Å². The molecule has 0 aliphatic heterocycles. The molecule has 0 aliphatic rings. The van der Waals surface area contributed by atoms with Gasteiger partial charge in [0.25, 0.3) is 0 Å². The average molecular weight is 255 g/mol. The van der Waals surface area contributed by atoms with Crippen molar-refractivity contribution in [2.75, 3.05) is 0 Å². The van der Waals surface area contributed by atoms with Crippen molar-refractivity contribution in [3.05, 3.63) is 22.2 Å². The summed E-state index contributed by atoms with van der Waals surface area (Å²) in [6, 6.07) is 0. The highest BCUT2D eigenvalue weighted by atomic mass is 79.9. The predicted octanol–water partition coefficient (Wildman–Crippen LogP) is 2.65. The van der Waals surface area contributed by atoms with E-state index in [1.807, 2.05) is 0 Å². The minimum Gasteiger partial charge on any atom is -0.241 e. The third-order valence-corrected chi connectivity index (χ3v) is 2.12. The van der Waals surface area contributed by atoms with Gasteiger partial charge in [-0.25, -0.2) is 9.97 Å². The largest absolute Gasteiger partial charge is 0.396 e. The summed E-state index contributed by atoms with van der Waals surface area (Å²) in [7, 11) is 0. The Labute approximate surface area is 81.3 Å². The predicted molar refractivity (Wildman–Crippen MR) is 44.2 cm³/mol. The van der Waals surface area contributed by atoms with Crippen LogP contribution in [0, 0.1) is 6.92 Å². The van der Waals surface area contributed by atoms with E-state index in [2.05, 4.69) is 25.9 Å². The Hall–Kier alpha value is -0.650. The number of aryl methyl sites for hydroxylation is 1. The van der Waals surface area contributed by atoms with Gasteiger partial charge in [-0.15, -0.1) is 0 Å². The van der Waals surface area contributed by atoms with Gasteiger partial charge in [-0.3, -0.25) is 0 Å². The number of halogens is 4. The van der Waals surface area contributed by atoms with Crippen molar-refractivity contribution in [2.24, 2.45) is 0 Å². The monoisotopic (exact) mass is 254 g/mol. The summed E-state index contributed by atoms with van der Waals surface area (Å²) in [6.45, 7) is 1.71. The Bertz CT molecular complexity index is 311. The Balaban J connectivity index is 2.86. The number of aromatic nitrogens is 2. The average Bonchev–Trinajstić information content (AvgIpc) is 1.94. The lowest BCUT2D eigenvalue weighted by Gasteiger charge is -2.05. The minimum atomic E-state index is -4.26. The molecular formula is C7H6BrF3N2. The van der Waals surface area contributed by atoms with Gasteiger partial charge in [0.15, 0.2) is 0 Å². The molecule has 0 unspecified atom stereocenters. The van der Waals surface area contributed by atoms with Crippen LogP contribution in [0.4, 0.5) is 13.2 Å². The minimum absolute atomic E-state index is 0.218. The molecule has 1 heterocycles. The summed E-state index contributed by atoms with van der Waals surface area (Å²) in [4.78, 5) is 7.21. The van der Waals surface area contributed by atoms with Gasteiger partial charge < -0.3 is 0 Å². The normalized spacial score (nSPS) is 11.8. The summed E-state index contributed by atoms with van der Waals surface area (Å²) in [5, 5.41) is 0. The summed E-state index contributed by atoms with van der Waals surface area (Å²) in [6.07, 6.45) is -3.99. The summed E-state index contributed by atoms with van der Waals surface area (Å²) >= 11 is 3.04. The van der Waals surface area contributed by atoms with Gasteiger partial charge in [0, 0.05) is 11.8 Å². The molecular weight excluding hydrogens is 249 g/mol. The van der Waals surface area contributed by atoms with Crippen LogP contribution in [-0.4, -0.2) is 16.1 Å². The van der Waals surface area contributed by atoms with Crippen molar-refractivity contribution in [2.45, 2.75) is 19.5 Å². The molecule has 1 rings (SSSR count). The summed E-state index contributed by atoms with van der Waals surface area (Å²) in [5.41, 5.74) is 0.714. The molecule has 0 atom stereocenters. The highest BCUT2D eigenvalue weighted by Gasteiger charge is 2.29. The van der Waals surface area contributed by atoms with Gasteiger partial charge in [0.1, 0.15) is 16.8 Å². The van der Waals surface area contributed by atoms with Crippen molar-refractivity contribution < 1.29 is 13.2 Å². The SMILES string of the molecule is Cc1cnc(CC(F)(F)F)nc1Br. The van der Waals surface area contributed by atoms with E-state index < -0.39 is 12.6 Å². The molecule has 0 bridgehead atoms. The highest BCUT2D eigenvalue weighted by molar-refractivity contribution is 9.10. The molecule has 0 aromatic carbocycles. The first-order valence-electron chi connectivity index (χ1n) is 3.43. The van der Waals surface area contributed by atoms with Crippen LogP contribution in [0.15, 0.2) is 10.8 Å². The van der Waals surface area contributed by atoms with Gasteiger partial charge in [0.2, 0.25) is 0 Å². The van der Waals surface area contributed by atoms with Crippen LogP contribution in [0.5, 0.6) is 0 Å². The molecule has 1 aromatic rings. The number of alkyl halides is 3. The number of nitrogens with zero attached hydrogens (tertiary/aromatic N) is 2. The zero-order chi connectivity index (χ0) is 10.1. The fourth-order valence-electron chi connectivity index (χ4n) is 0.719. The second-order valence-electron chi connectivity index (χ2n) is 2.55. The zero-order valence-corrected chi connectivity index (χ0v) is 8.28. The molecule has 0 spiro atoms. The van der Waals surface area contributed by atoms with E-state index >= 15 is 0 Å². The summed E-state index contributed by atoms with van der Waals surface area (Å²) in [5.74, 6) is -0.218. The molecule has 2 nitrogen and oxygen atoms in total. The van der Waals surface area contributed by atoms with Crippen LogP contribution >= 0.6 is 15.9 Å². The van der Waals surface area contributed by atoms with Gasteiger partial charge in [-0.2, -0.15) is 13.2 Å². The summed E-state index contributed by atoms with van der Waals surface area (Å²) < 4.78 is 36.0. The third kappa shape index (κ3) is 3.30. The van der Waals surface area contributed by atoms with E-state index in [1.54, 1.807) is 6.92 Å². The van der Waals surface area contributed by atoms with Crippen molar-refractivity contribution >= 4 is 15.9 Å². The zero-order valence-electron chi connectivity index (χ0n) is 6.69. The van der Waals surface area contributed by atoms with E-state index in [0.29, 0.717) is 10.2 Å². The fraction of sp³-hybridized carbons (Fsp3) is 0.429. The maximum Gasteiger partial charge on any atom is 0.396 e. The molecule has 13 heavy (non-hydrogen) atoms. The van der Waals surface area contributed by atoms with Crippen molar-refractivity contribution in [1.29, 1.82) is 0 Å². The van der Waals surface area contributed by atoms with E-state index in [0.717, 1.165) is 0 Å². The number of hydrogen-bond acceptors (Lipinski definition) is 2. The molecule has 0 aliphatic carbocycles. The first-order valence-corrected chi connectivity index (χ1v) is 4.22. The maximum absolute atomic E-state index is 11.9. The van der Waals surface area contributed by atoms with Gasteiger partial charge in [0.05, 0.1) is 0 Å². The van der Waals surface area contributed by atoms with Crippen LogP contribution in [0.25, 0.3) is 0 Å². The lowest BCUT2D eigenvalue weighted by molar-refractivity contribution is -0.128. The first kappa shape index (κ1) is 10.4. The van der Waals surface area contributed by atoms with E-state index in [-0.39, 0.29) is 5.82 Å². The van der Waals surface area contributed by atoms with Crippen LogP contribution in [0.1, 0.15) is 11.4 Å². The molecule has 0 fully saturated rings. The molecule has 72 valence electrons. The van der Waals surface area contributed by atoms with Crippen LogP contribution in [0.2, 0.25) is 0 Å². The highest BCUT2D eigenvalue weighted by Crippen LogP contribution is 2.20. The Morgan fingerprint density at radius 1 is 1.46 bits per heavy atom. The lowest BCUT2D eigenvalue weighted by atomic mass is 10.3. The third-order valence-electron chi connectivity index (χ3n) is 1.32. The Kier molecular flexibility index (Phi) is 2.90. The second-order valence-corrected chi connectivity index (χ2v) is 3.30. The Morgan fingerprint density at radius 3 is 2.54 bits per heavy atom. The molecule has 1 aromatic heterocycles. The maximum atomic E-state index is 11.9. The molecule has 0 N–H and O–H groups in total. The first-order chi connectivity index (χ1) is 5.88. The molecule has 0 amide bonds. The van der Waals surface area contributed by atoms with Gasteiger partial charge in [-0.05, 0) is 22.9 Å². The van der Waals surface area contributed by atoms with Crippen LogP contribution < -0.4 is 0 Å². The second kappa shape index (κ2) is 3.61. The molecule has 0 radical (unpaired) electrons. The number of rotatable bonds is 1.